The lowest BCUT2D eigenvalue weighted by molar-refractivity contribution is -0.142. The number of benzene rings is 8. The quantitative estimate of drug-likeness (QED) is 0.0304. The van der Waals surface area contributed by atoms with E-state index >= 15 is 0 Å². The Balaban J connectivity index is 0.000000167. The van der Waals surface area contributed by atoms with Crippen molar-refractivity contribution in [2.45, 2.75) is 101 Å². The molecule has 16 rings (SSSR count). The zero-order valence-electron chi connectivity index (χ0n) is 79.3. The molecule has 8 aliphatic heterocycles. The monoisotopic (exact) mass is 2110 g/mol. The van der Waals surface area contributed by atoms with Crippen LogP contribution in [0.2, 0.25) is 20.1 Å². The van der Waals surface area contributed by atoms with Gasteiger partial charge in [0, 0.05) is 76.6 Å². The van der Waals surface area contributed by atoms with Crippen molar-refractivity contribution in [2.75, 3.05) is 166 Å². The third-order valence-electron chi connectivity index (χ3n) is 26.3. The summed E-state index contributed by atoms with van der Waals surface area (Å²) in [5.41, 5.74) is 14.4. The number of ether oxygens (including phenoxy) is 10. The van der Waals surface area contributed by atoms with Crippen LogP contribution in [0.3, 0.4) is 0 Å². The van der Waals surface area contributed by atoms with E-state index in [1.807, 2.05) is 0 Å². The Morgan fingerprint density at radius 2 is 0.622 bits per heavy atom. The Hall–Kier alpha value is -13.6. The van der Waals surface area contributed by atoms with Crippen LogP contribution in [0.1, 0.15) is 73.6 Å². The average Bonchev–Trinajstić information content (AvgIpc) is 0.778. The van der Waals surface area contributed by atoms with Crippen LogP contribution in [-0.2, 0) is 73.5 Å². The van der Waals surface area contributed by atoms with Crippen molar-refractivity contribution in [3.8, 4) is 70.3 Å². The van der Waals surface area contributed by atoms with Crippen molar-refractivity contribution in [2.24, 2.45) is 33.1 Å². The molecule has 5 N–H and O–H groups in total. The minimum absolute atomic E-state index is 0.0749. The van der Waals surface area contributed by atoms with Crippen molar-refractivity contribution < 1.29 is 103 Å². The normalized spacial score (nSPS) is 18.4. The van der Waals surface area contributed by atoms with Crippen molar-refractivity contribution in [1.82, 2.24) is 19.6 Å². The summed E-state index contributed by atoms with van der Waals surface area (Å²) < 4.78 is 107. The Labute approximate surface area is 853 Å². The topological polar surface area (TPSA) is 411 Å². The van der Waals surface area contributed by atoms with Crippen molar-refractivity contribution in [3.05, 3.63) is 211 Å². The number of nitrogens with two attached hydrogens (primary N) is 2. The molecule has 32 nitrogen and oxygen atoms in total. The molecule has 0 aliphatic carbocycles. The molecule has 0 saturated carbocycles. The number of piperidine rings is 4. The van der Waals surface area contributed by atoms with Crippen molar-refractivity contribution >= 4 is 132 Å². The average molecular weight is 2110 g/mol. The summed E-state index contributed by atoms with van der Waals surface area (Å²) in [5, 5.41) is 44.6. The van der Waals surface area contributed by atoms with Crippen LogP contribution in [0.15, 0.2) is 146 Å². The maximum absolute atomic E-state index is 13.5. The van der Waals surface area contributed by atoms with Crippen LogP contribution < -0.4 is 69.4 Å². The van der Waals surface area contributed by atoms with E-state index in [2.05, 4.69) is 50.3 Å². The van der Waals surface area contributed by atoms with E-state index in [0.717, 1.165) is 27.9 Å². The van der Waals surface area contributed by atoms with E-state index in [4.69, 9.17) is 101 Å². The Bertz CT molecular complexity index is 5920. The number of carbonyl (C=O) groups is 8. The summed E-state index contributed by atoms with van der Waals surface area (Å²) in [7, 11) is 8.60. The van der Waals surface area contributed by atoms with Gasteiger partial charge in [0.25, 0.3) is 23.6 Å². The third kappa shape index (κ3) is 27.5. The number of nitriles is 4. The van der Waals surface area contributed by atoms with Gasteiger partial charge in [-0.05, 0) is 172 Å². The minimum atomic E-state index is -0.862. The van der Waals surface area contributed by atoms with Gasteiger partial charge < -0.3 is 98.5 Å². The number of esters is 2. The van der Waals surface area contributed by atoms with Crippen LogP contribution in [-0.4, -0.2) is 238 Å². The highest BCUT2D eigenvalue weighted by Gasteiger charge is 2.47. The summed E-state index contributed by atoms with van der Waals surface area (Å²) in [4.78, 5) is 110. The van der Waals surface area contributed by atoms with Gasteiger partial charge >= 0.3 is 11.9 Å². The van der Waals surface area contributed by atoms with Crippen LogP contribution in [0.5, 0.6) is 46.0 Å². The number of likely N-dealkylation sites (tertiary alicyclic amines) is 4. The van der Waals surface area contributed by atoms with E-state index in [1.165, 1.54) is 91.2 Å². The first-order chi connectivity index (χ1) is 68.5. The van der Waals surface area contributed by atoms with Gasteiger partial charge in [-0.2, -0.15) is 21.0 Å². The number of anilines is 4. The Morgan fingerprint density at radius 3 is 0.860 bits per heavy atom. The van der Waals surface area contributed by atoms with Gasteiger partial charge in [-0.3, -0.25) is 38.4 Å². The number of nitrogens with zero attached hydrogens (tertiary/aromatic N) is 11. The smallest absolute Gasteiger partial charge is 0.325 e. The Morgan fingerprint density at radius 1 is 0.378 bits per heavy atom. The number of amides is 6. The molecule has 8 aromatic rings. The van der Waals surface area contributed by atoms with Gasteiger partial charge in [-0.1, -0.05) is 111 Å². The molecule has 8 heterocycles. The number of halogens is 9. The number of alkyl halides is 1. The number of rotatable bonds is 23. The number of hydrogen-bond donors (Lipinski definition) is 3. The molecule has 756 valence electrons. The first kappa shape index (κ1) is 108. The van der Waals surface area contributed by atoms with Gasteiger partial charge in [0.1, 0.15) is 81.1 Å². The number of nitrogens with one attached hydrogen (secondary N) is 1. The second kappa shape index (κ2) is 48.9. The SMILES string of the molecule is COC(=O)CBr.COC(=O)CN1CC(C(=O)N2CCC(C#N)(Cc3ccc(F)cc3)CC2)Oc2cc(OC)c(Cl)cc21.COc1cc2c(cc1Cl)N(CC(N)=O)CC(C(=O)N1CCC(C#N)(Cc3ccc(F)cc3)CC1)O2.COc1cc2c(cc1Cl)N(CC(N)=O)CC(C(=O)N1CCC(C#N)(Cc3ccc(F)cc3)CC1)O2.COc1cc2c(cc1Cl)NCC(C(=O)N1CCC(C#N)(Cc3ccc(F)cc3)CC1)O2. The summed E-state index contributed by atoms with van der Waals surface area (Å²) in [6.45, 7) is 3.75. The highest BCUT2D eigenvalue weighted by atomic mass is 79.9. The molecular formula is C102H107BrCl4F4N14O18. The lowest BCUT2D eigenvalue weighted by Crippen LogP contribution is -2.54. The summed E-state index contributed by atoms with van der Waals surface area (Å²) in [6.07, 6.45) is 2.84. The first-order valence-electron chi connectivity index (χ1n) is 45.7. The number of carbonyl (C=O) groups excluding carboxylic acids is 8. The summed E-state index contributed by atoms with van der Waals surface area (Å²) >= 11 is 27.8. The van der Waals surface area contributed by atoms with Crippen LogP contribution in [0.25, 0.3) is 0 Å². The minimum Gasteiger partial charge on any atom is -0.495 e. The standard InChI is InChI=1S/C26H27ClFN3O5.2C25H26ClFN4O4.C23H23ClFN3O3.C3H5BrO2/c1-34-21-12-22-20(11-19(21)27)31(15-24(32)35-2)14-23(36-22)25(33)30-9-7-26(16-29,8-10-30)13-17-3-5-18(28)6-4-17;2*1-34-20-11-21-19(10-18(20)26)31(14-23(29)32)13-22(35-21)24(33)30-8-6-25(15-28,7-9-30)12-16-2-4-17(27)5-3-16;1-30-19-11-20-18(10-17(19)24)27-13-21(31-20)22(29)28-8-6-23(14-26,7-9-28)12-15-2-4-16(25)5-3-15;1-6-3(5)2-4/h3-6,11-12,23H,7-10,13-15H2,1-2H3;2*2-5,10-11,22H,6-9,12-14H2,1H3,(H2,29,32);2-5,10-11,21,27H,6-9,12-13H2,1H3;2H2,1H3. The van der Waals surface area contributed by atoms with Crippen molar-refractivity contribution in [3.63, 3.8) is 0 Å². The van der Waals surface area contributed by atoms with E-state index in [0.29, 0.717) is 219 Å². The van der Waals surface area contributed by atoms with Gasteiger partial charge in [0.15, 0.2) is 24.4 Å². The summed E-state index contributed by atoms with van der Waals surface area (Å²) in [6, 6.07) is 47.5. The lowest BCUT2D eigenvalue weighted by atomic mass is 9.75. The van der Waals surface area contributed by atoms with E-state index in [9.17, 15) is 77.0 Å². The number of hydrogen-bond acceptors (Lipinski definition) is 26. The third-order valence-corrected chi connectivity index (χ3v) is 27.9. The molecule has 4 saturated heterocycles. The molecule has 41 heteroatoms. The highest BCUT2D eigenvalue weighted by Crippen LogP contribution is 2.48. The molecule has 0 radical (unpaired) electrons. The molecule has 0 spiro atoms. The first-order valence-corrected chi connectivity index (χ1v) is 48.3. The maximum atomic E-state index is 13.5. The molecular weight excluding hydrogens is 2010 g/mol. The second-order valence-electron chi connectivity index (χ2n) is 35.6. The fourth-order valence-electron chi connectivity index (χ4n) is 18.2. The fourth-order valence-corrected chi connectivity index (χ4v) is 19.4. The van der Waals surface area contributed by atoms with E-state index in [-0.39, 0.29) is 97.5 Å². The van der Waals surface area contributed by atoms with Crippen LogP contribution in [0, 0.1) is 90.3 Å². The molecule has 143 heavy (non-hydrogen) atoms. The highest BCUT2D eigenvalue weighted by molar-refractivity contribution is 9.09. The predicted octanol–water partition coefficient (Wildman–Crippen LogP) is 14.0. The molecule has 6 amide bonds. The molecule has 8 aliphatic rings. The van der Waals surface area contributed by atoms with Crippen LogP contribution in [0.4, 0.5) is 40.3 Å². The molecule has 0 aromatic heterocycles. The predicted molar refractivity (Wildman–Crippen MR) is 527 cm³/mol. The van der Waals surface area contributed by atoms with Gasteiger partial charge in [0.05, 0.1) is 171 Å². The fraction of sp³-hybridized carbons (Fsp3) is 0.412. The molecule has 4 fully saturated rings. The van der Waals surface area contributed by atoms with Crippen LogP contribution >= 0.6 is 62.3 Å². The van der Waals surface area contributed by atoms with Gasteiger partial charge in [-0.25, -0.2) is 17.6 Å². The number of primary amides is 2. The largest absolute Gasteiger partial charge is 0.495 e. The molecule has 0 bridgehead atoms. The number of fused-ring (bicyclic) bond motifs is 4. The van der Waals surface area contributed by atoms with Gasteiger partial charge in [0.2, 0.25) is 11.8 Å². The molecule has 8 aromatic carbocycles. The zero-order valence-corrected chi connectivity index (χ0v) is 83.9. The number of methoxy groups -OCH3 is 6. The maximum Gasteiger partial charge on any atom is 0.325 e. The van der Waals surface area contributed by atoms with Gasteiger partial charge in [-0.15, -0.1) is 0 Å². The lowest BCUT2D eigenvalue weighted by Gasteiger charge is -2.41. The van der Waals surface area contributed by atoms with Crippen molar-refractivity contribution in [1.29, 1.82) is 21.0 Å². The summed E-state index contributed by atoms with van der Waals surface area (Å²) in [5.74, 6) is -0.564. The Kier molecular flexibility index (Phi) is 37.1. The van der Waals surface area contributed by atoms with E-state index in [1.54, 1.807) is 131 Å². The molecule has 4 atom stereocenters. The van der Waals surface area contributed by atoms with E-state index < -0.39 is 63.9 Å². The second-order valence-corrected chi connectivity index (χ2v) is 37.8. The molecule has 4 unspecified atom stereocenters. The zero-order chi connectivity index (χ0) is 103.